The number of unbranched alkanes of at least 4 members (excludes halogenated alkanes) is 26. The van der Waals surface area contributed by atoms with Crippen molar-refractivity contribution in [1.29, 1.82) is 0 Å². The molecule has 1 amide bonds. The Morgan fingerprint density at radius 1 is 0.526 bits per heavy atom. The Hall–Kier alpha value is -2.18. The number of esters is 1. The molecule has 3 atom stereocenters. The summed E-state index contributed by atoms with van der Waals surface area (Å²) in [4.78, 5) is 26.0. The maximum Gasteiger partial charge on any atom is 0.306 e. The van der Waals surface area contributed by atoms with Crippen molar-refractivity contribution in [2.24, 2.45) is 0 Å². The van der Waals surface area contributed by atoms with Gasteiger partial charge in [-0.2, -0.15) is 0 Å². The molecule has 0 aromatic heterocycles. The summed E-state index contributed by atoms with van der Waals surface area (Å²) in [6.07, 6.45) is 53.1. The minimum atomic E-state index is -0.792. The zero-order valence-electron chi connectivity index (χ0n) is 37.7. The van der Waals surface area contributed by atoms with Gasteiger partial charge in [0.05, 0.1) is 25.2 Å². The van der Waals surface area contributed by atoms with Crippen LogP contribution in [0.25, 0.3) is 0 Å². The smallest absolute Gasteiger partial charge is 0.306 e. The van der Waals surface area contributed by atoms with Gasteiger partial charge in [-0.1, -0.05) is 230 Å². The van der Waals surface area contributed by atoms with Crippen LogP contribution in [0, 0.1) is 0 Å². The van der Waals surface area contributed by atoms with Gasteiger partial charge < -0.3 is 20.3 Å². The molecule has 6 nitrogen and oxygen atoms in total. The molecular weight excluding hydrogens is 707 g/mol. The fourth-order valence-corrected chi connectivity index (χ4v) is 7.32. The fraction of sp³-hybridized carbons (Fsp3) is 0.804. The lowest BCUT2D eigenvalue weighted by Gasteiger charge is -2.24. The number of aliphatic hydroxyl groups is 2. The van der Waals surface area contributed by atoms with Crippen molar-refractivity contribution in [2.75, 3.05) is 6.61 Å². The summed E-state index contributed by atoms with van der Waals surface area (Å²) in [5.41, 5.74) is 0. The van der Waals surface area contributed by atoms with E-state index in [4.69, 9.17) is 4.74 Å². The van der Waals surface area contributed by atoms with Gasteiger partial charge in [-0.3, -0.25) is 9.59 Å². The lowest BCUT2D eigenvalue weighted by atomic mass is 10.0. The van der Waals surface area contributed by atoms with Crippen LogP contribution in [0.1, 0.15) is 239 Å². The van der Waals surface area contributed by atoms with E-state index in [1.54, 1.807) is 0 Å². The molecule has 0 fully saturated rings. The summed E-state index contributed by atoms with van der Waals surface area (Å²) >= 11 is 0. The quantitative estimate of drug-likeness (QED) is 0.0324. The van der Waals surface area contributed by atoms with E-state index in [1.165, 1.54) is 128 Å². The van der Waals surface area contributed by atoms with E-state index in [9.17, 15) is 19.8 Å². The number of ether oxygens (including phenoxy) is 1. The van der Waals surface area contributed by atoms with Gasteiger partial charge in [0.15, 0.2) is 0 Å². The van der Waals surface area contributed by atoms with Crippen molar-refractivity contribution in [2.45, 2.75) is 257 Å². The van der Waals surface area contributed by atoms with Crippen molar-refractivity contribution in [3.63, 3.8) is 0 Å². The van der Waals surface area contributed by atoms with Crippen LogP contribution in [0.4, 0.5) is 0 Å². The molecule has 3 unspecified atom stereocenters. The summed E-state index contributed by atoms with van der Waals surface area (Å²) in [7, 11) is 0. The number of aliphatic hydroxyl groups excluding tert-OH is 2. The number of rotatable bonds is 43. The van der Waals surface area contributed by atoms with Gasteiger partial charge >= 0.3 is 5.97 Å². The first-order chi connectivity index (χ1) is 28.0. The molecule has 0 aromatic rings. The molecule has 6 heteroatoms. The molecule has 0 aromatic carbocycles. The summed E-state index contributed by atoms with van der Waals surface area (Å²) in [5, 5.41) is 23.7. The van der Waals surface area contributed by atoms with Crippen LogP contribution in [-0.4, -0.2) is 46.9 Å². The first kappa shape index (κ1) is 54.8. The van der Waals surface area contributed by atoms with E-state index in [0.717, 1.165) is 64.2 Å². The van der Waals surface area contributed by atoms with E-state index in [-0.39, 0.29) is 24.9 Å². The lowest BCUT2D eigenvalue weighted by molar-refractivity contribution is -0.151. The summed E-state index contributed by atoms with van der Waals surface area (Å²) in [6, 6.07) is -0.707. The summed E-state index contributed by atoms with van der Waals surface area (Å²) < 4.78 is 5.90. The number of hydrogen-bond acceptors (Lipinski definition) is 5. The molecule has 0 radical (unpaired) electrons. The summed E-state index contributed by atoms with van der Waals surface area (Å²) in [6.45, 7) is 6.33. The fourth-order valence-electron chi connectivity index (χ4n) is 7.32. The lowest BCUT2D eigenvalue weighted by Crippen LogP contribution is -2.46. The van der Waals surface area contributed by atoms with E-state index in [0.29, 0.717) is 19.3 Å². The number of allylic oxidation sites excluding steroid dienone is 8. The maximum absolute atomic E-state index is 13.2. The Balaban J connectivity index is 4.63. The highest BCUT2D eigenvalue weighted by atomic mass is 16.5. The highest BCUT2D eigenvalue weighted by Crippen LogP contribution is 2.18. The second kappa shape index (κ2) is 44.9. The van der Waals surface area contributed by atoms with Crippen molar-refractivity contribution >= 4 is 11.9 Å². The second-order valence-electron chi connectivity index (χ2n) is 16.6. The highest BCUT2D eigenvalue weighted by Gasteiger charge is 2.24. The van der Waals surface area contributed by atoms with Gasteiger partial charge in [0.2, 0.25) is 5.91 Å². The zero-order valence-corrected chi connectivity index (χ0v) is 37.7. The van der Waals surface area contributed by atoms with Gasteiger partial charge in [0.1, 0.15) is 6.10 Å². The SMILES string of the molecule is CC/C=C/C=C/C=C\C=C/CCCCCC(=O)OC(CCCCCCCCCCCCCCC)CC(=O)NC(CO)C(O)CCCCCCCCCCCCCC. The Morgan fingerprint density at radius 3 is 1.42 bits per heavy atom. The molecule has 0 saturated carbocycles. The Bertz CT molecular complexity index is 988. The van der Waals surface area contributed by atoms with E-state index < -0.39 is 18.2 Å². The first-order valence-electron chi connectivity index (χ1n) is 24.4. The van der Waals surface area contributed by atoms with Gasteiger partial charge in [-0.15, -0.1) is 0 Å². The van der Waals surface area contributed by atoms with E-state index in [1.807, 2.05) is 24.3 Å². The molecule has 0 heterocycles. The molecule has 0 aliphatic carbocycles. The van der Waals surface area contributed by atoms with Crippen molar-refractivity contribution in [1.82, 2.24) is 5.32 Å². The predicted octanol–water partition coefficient (Wildman–Crippen LogP) is 14.3. The third-order valence-corrected chi connectivity index (χ3v) is 11.0. The average molecular weight is 800 g/mol. The normalized spacial score (nSPS) is 13.7. The zero-order chi connectivity index (χ0) is 41.7. The monoisotopic (exact) mass is 800 g/mol. The third-order valence-electron chi connectivity index (χ3n) is 11.0. The molecule has 0 bridgehead atoms. The third kappa shape index (κ3) is 40.4. The maximum atomic E-state index is 13.2. The number of hydrogen-bond donors (Lipinski definition) is 3. The van der Waals surface area contributed by atoms with Crippen LogP contribution >= 0.6 is 0 Å². The number of amides is 1. The topological polar surface area (TPSA) is 95.9 Å². The van der Waals surface area contributed by atoms with Gasteiger partial charge in [0, 0.05) is 6.42 Å². The molecule has 57 heavy (non-hydrogen) atoms. The number of carbonyl (C=O) groups is 2. The van der Waals surface area contributed by atoms with Crippen LogP contribution in [0.3, 0.4) is 0 Å². The molecule has 0 aliphatic heterocycles. The molecular formula is C51H93NO5. The highest BCUT2D eigenvalue weighted by molar-refractivity contribution is 5.77. The minimum absolute atomic E-state index is 0.0637. The largest absolute Gasteiger partial charge is 0.462 e. The van der Waals surface area contributed by atoms with Crippen molar-refractivity contribution in [3.8, 4) is 0 Å². The number of carbonyl (C=O) groups excluding carboxylic acids is 2. The van der Waals surface area contributed by atoms with Crippen LogP contribution in [0.2, 0.25) is 0 Å². The van der Waals surface area contributed by atoms with Crippen LogP contribution in [0.15, 0.2) is 48.6 Å². The van der Waals surface area contributed by atoms with E-state index in [2.05, 4.69) is 50.4 Å². The first-order valence-corrected chi connectivity index (χ1v) is 24.4. The molecule has 0 rings (SSSR count). The molecule has 0 saturated heterocycles. The van der Waals surface area contributed by atoms with Gasteiger partial charge in [0.25, 0.3) is 0 Å². The van der Waals surface area contributed by atoms with E-state index >= 15 is 0 Å². The van der Waals surface area contributed by atoms with Gasteiger partial charge in [-0.25, -0.2) is 0 Å². The second-order valence-corrected chi connectivity index (χ2v) is 16.6. The Kier molecular flexibility index (Phi) is 43.2. The predicted molar refractivity (Wildman–Crippen MR) is 245 cm³/mol. The number of nitrogens with one attached hydrogen (secondary N) is 1. The van der Waals surface area contributed by atoms with Crippen LogP contribution in [-0.2, 0) is 14.3 Å². The van der Waals surface area contributed by atoms with Gasteiger partial charge in [-0.05, 0) is 44.9 Å². The minimum Gasteiger partial charge on any atom is -0.462 e. The summed E-state index contributed by atoms with van der Waals surface area (Å²) in [5.74, 6) is -0.514. The average Bonchev–Trinajstić information content (AvgIpc) is 3.20. The molecule has 0 aliphatic rings. The standard InChI is InChI=1S/C51H93NO5/c1-4-7-10-13-16-19-22-25-27-30-33-36-39-42-47(57-51(56)44-41-38-35-32-29-26-23-20-17-14-11-8-5-2)45-50(55)52-48(46-53)49(54)43-40-37-34-31-28-24-21-18-15-12-9-6-3/h8,11,14,17,20,23,26,29,47-49,53-54H,4-7,9-10,12-13,15-16,18-19,21-22,24-25,27-28,30-46H2,1-3H3,(H,52,55)/b11-8+,17-14+,23-20-,29-26-. The Labute approximate surface area is 353 Å². The molecule has 3 N–H and O–H groups in total. The molecule has 332 valence electrons. The van der Waals surface area contributed by atoms with Crippen LogP contribution in [0.5, 0.6) is 0 Å². The molecule has 0 spiro atoms. The van der Waals surface area contributed by atoms with Crippen molar-refractivity contribution < 1.29 is 24.5 Å². The Morgan fingerprint density at radius 2 is 0.947 bits per heavy atom. The van der Waals surface area contributed by atoms with Crippen molar-refractivity contribution in [3.05, 3.63) is 48.6 Å². The van der Waals surface area contributed by atoms with Crippen LogP contribution < -0.4 is 5.32 Å².